The first-order valence-electron chi connectivity index (χ1n) is 12.2. The zero-order valence-electron chi connectivity index (χ0n) is 20.5. The van der Waals surface area contributed by atoms with Crippen LogP contribution >= 0.6 is 0 Å². The summed E-state index contributed by atoms with van der Waals surface area (Å²) in [7, 11) is 1.97. The van der Waals surface area contributed by atoms with E-state index in [4.69, 9.17) is 0 Å². The third kappa shape index (κ3) is 5.71. The molecule has 3 N–H and O–H groups in total. The molecule has 2 unspecified atom stereocenters. The summed E-state index contributed by atoms with van der Waals surface area (Å²) >= 11 is 0. The number of aromatic nitrogens is 3. The first-order valence-corrected chi connectivity index (χ1v) is 12.2. The van der Waals surface area contributed by atoms with Gasteiger partial charge in [0.1, 0.15) is 11.6 Å². The lowest BCUT2D eigenvalue weighted by Crippen LogP contribution is -2.54. The Kier molecular flexibility index (Phi) is 8.08. The van der Waals surface area contributed by atoms with E-state index >= 15 is 0 Å². The van der Waals surface area contributed by atoms with Crippen LogP contribution in [0.2, 0.25) is 0 Å². The molecule has 9 heteroatoms. The molecule has 1 aliphatic carbocycles. The number of nitrogens with zero attached hydrogens (tertiary/aromatic N) is 6. The van der Waals surface area contributed by atoms with Gasteiger partial charge < -0.3 is 20.5 Å². The summed E-state index contributed by atoms with van der Waals surface area (Å²) in [5.74, 6) is 1.64. The topological polar surface area (TPSA) is 93.6 Å². The number of anilines is 3. The van der Waals surface area contributed by atoms with Crippen molar-refractivity contribution in [1.82, 2.24) is 25.7 Å². The van der Waals surface area contributed by atoms with E-state index < -0.39 is 0 Å². The maximum absolute atomic E-state index is 4.67. The van der Waals surface area contributed by atoms with E-state index in [-0.39, 0.29) is 0 Å². The van der Waals surface area contributed by atoms with Crippen molar-refractivity contribution in [2.45, 2.75) is 57.7 Å². The number of hydrogen-bond acceptors (Lipinski definition) is 9. The van der Waals surface area contributed by atoms with Crippen LogP contribution in [0.25, 0.3) is 5.57 Å². The van der Waals surface area contributed by atoms with Gasteiger partial charge >= 0.3 is 0 Å². The number of pyridine rings is 1. The average Bonchev–Trinajstić information content (AvgIpc) is 3.37. The minimum atomic E-state index is 0.429. The highest BCUT2D eigenvalue weighted by Crippen LogP contribution is 2.32. The maximum atomic E-state index is 4.67. The second-order valence-electron chi connectivity index (χ2n) is 9.25. The van der Waals surface area contributed by atoms with Gasteiger partial charge in [0.2, 0.25) is 0 Å². The standard InChI is InChI=1S/C25H37N9/c1-18-16-33(17-19(2)32-18)25-15-30-24(14-31-25)29-12-20(11-26-3)22-9-10-28-13-23(22)34(27-4)21-7-5-6-8-21/h9-11,13-15,18-19,21,27,32H,3,5-8,12,16-17H2,1-2,4H3,(H,29,30)/b20-11+. The lowest BCUT2D eigenvalue weighted by Gasteiger charge is -2.36. The highest BCUT2D eigenvalue weighted by atomic mass is 15.5. The van der Waals surface area contributed by atoms with E-state index in [1.807, 2.05) is 31.7 Å². The van der Waals surface area contributed by atoms with Gasteiger partial charge in [-0.15, -0.1) is 0 Å². The summed E-state index contributed by atoms with van der Waals surface area (Å²) in [5.41, 5.74) is 6.52. The molecule has 1 saturated heterocycles. The second kappa shape index (κ2) is 11.4. The van der Waals surface area contributed by atoms with Gasteiger partial charge in [-0.2, -0.15) is 0 Å². The molecule has 0 amide bonds. The smallest absolute Gasteiger partial charge is 0.147 e. The van der Waals surface area contributed by atoms with E-state index in [2.05, 4.69) is 66.5 Å². The molecular weight excluding hydrogens is 426 g/mol. The van der Waals surface area contributed by atoms with E-state index in [9.17, 15) is 0 Å². The maximum Gasteiger partial charge on any atom is 0.147 e. The molecule has 0 radical (unpaired) electrons. The van der Waals surface area contributed by atoms with Gasteiger partial charge in [0.15, 0.2) is 0 Å². The van der Waals surface area contributed by atoms with Crippen LogP contribution in [0.3, 0.4) is 0 Å². The van der Waals surface area contributed by atoms with Crippen LogP contribution in [0.1, 0.15) is 45.1 Å². The molecule has 2 aliphatic rings. The fraction of sp³-hybridized carbons (Fsp3) is 0.520. The fourth-order valence-corrected chi connectivity index (χ4v) is 5.11. The first-order chi connectivity index (χ1) is 16.6. The third-order valence-electron chi connectivity index (χ3n) is 6.56. The van der Waals surface area contributed by atoms with Crippen molar-refractivity contribution in [3.8, 4) is 0 Å². The van der Waals surface area contributed by atoms with Gasteiger partial charge in [-0.1, -0.05) is 12.8 Å². The van der Waals surface area contributed by atoms with Crippen molar-refractivity contribution in [2.75, 3.05) is 41.9 Å². The SMILES string of the molecule is C=N/C=C(\CNc1cnc(N2CC(C)NC(C)C2)cn1)c1ccncc1N(NC)C1CCCC1. The van der Waals surface area contributed by atoms with Crippen LogP contribution in [0, 0.1) is 0 Å². The molecule has 2 fully saturated rings. The first kappa shape index (κ1) is 24.1. The number of piperazine rings is 1. The van der Waals surface area contributed by atoms with Gasteiger partial charge in [-0.3, -0.25) is 9.98 Å². The molecule has 3 heterocycles. The van der Waals surface area contributed by atoms with Crippen LogP contribution in [-0.2, 0) is 0 Å². The van der Waals surface area contributed by atoms with Crippen molar-refractivity contribution < 1.29 is 0 Å². The Hall–Kier alpha value is -3.04. The molecule has 2 aromatic heterocycles. The number of hydrazine groups is 1. The summed E-state index contributed by atoms with van der Waals surface area (Å²) in [6.45, 7) is 10.5. The van der Waals surface area contributed by atoms with Gasteiger partial charge in [0.25, 0.3) is 0 Å². The molecule has 0 bridgehead atoms. The summed E-state index contributed by atoms with van der Waals surface area (Å²) in [4.78, 5) is 20.1. The Morgan fingerprint density at radius 1 is 1.21 bits per heavy atom. The summed E-state index contributed by atoms with van der Waals surface area (Å²) in [6, 6.07) is 3.36. The lowest BCUT2D eigenvalue weighted by molar-refractivity contribution is 0.405. The van der Waals surface area contributed by atoms with Gasteiger partial charge in [0, 0.05) is 62.8 Å². The Labute approximate surface area is 202 Å². The molecule has 2 atom stereocenters. The van der Waals surface area contributed by atoms with Crippen LogP contribution < -0.4 is 26.0 Å². The van der Waals surface area contributed by atoms with Crippen molar-refractivity contribution in [1.29, 1.82) is 0 Å². The van der Waals surface area contributed by atoms with Gasteiger partial charge in [-0.05, 0) is 45.0 Å². The fourth-order valence-electron chi connectivity index (χ4n) is 5.11. The molecular formula is C25H37N9. The van der Waals surface area contributed by atoms with Crippen molar-refractivity contribution in [2.24, 2.45) is 4.99 Å². The van der Waals surface area contributed by atoms with Crippen molar-refractivity contribution >= 4 is 29.6 Å². The molecule has 9 nitrogen and oxygen atoms in total. The molecule has 2 aromatic rings. The molecule has 0 spiro atoms. The van der Waals surface area contributed by atoms with Crippen LogP contribution in [0.15, 0.2) is 42.0 Å². The van der Waals surface area contributed by atoms with Crippen molar-refractivity contribution in [3.63, 3.8) is 0 Å². The lowest BCUT2D eigenvalue weighted by atomic mass is 10.0. The summed E-state index contributed by atoms with van der Waals surface area (Å²) in [6.07, 6.45) is 14.1. The molecule has 4 rings (SSSR count). The van der Waals surface area contributed by atoms with E-state index in [0.717, 1.165) is 41.5 Å². The summed E-state index contributed by atoms with van der Waals surface area (Å²) in [5, 5.41) is 9.21. The molecule has 1 saturated carbocycles. The molecule has 182 valence electrons. The molecule has 34 heavy (non-hydrogen) atoms. The third-order valence-corrected chi connectivity index (χ3v) is 6.56. The highest BCUT2D eigenvalue weighted by Gasteiger charge is 2.25. The van der Waals surface area contributed by atoms with E-state index in [1.54, 1.807) is 12.4 Å². The molecule has 0 aromatic carbocycles. The van der Waals surface area contributed by atoms with E-state index in [1.165, 1.54) is 25.7 Å². The molecule has 1 aliphatic heterocycles. The second-order valence-corrected chi connectivity index (χ2v) is 9.25. The Bertz CT molecular complexity index is 959. The predicted octanol–water partition coefficient (Wildman–Crippen LogP) is 3.10. The quantitative estimate of drug-likeness (QED) is 0.386. The van der Waals surface area contributed by atoms with Crippen molar-refractivity contribution in [3.05, 3.63) is 42.6 Å². The Morgan fingerprint density at radius 3 is 2.62 bits per heavy atom. The number of hydrogen-bond donors (Lipinski definition) is 3. The Balaban J connectivity index is 1.47. The number of nitrogens with one attached hydrogen (secondary N) is 3. The monoisotopic (exact) mass is 463 g/mol. The summed E-state index contributed by atoms with van der Waals surface area (Å²) < 4.78 is 0. The Morgan fingerprint density at radius 2 is 1.97 bits per heavy atom. The zero-order chi connectivity index (χ0) is 23.9. The average molecular weight is 464 g/mol. The largest absolute Gasteiger partial charge is 0.365 e. The predicted molar refractivity (Wildman–Crippen MR) is 140 cm³/mol. The number of aliphatic imine (C=N–C) groups is 1. The minimum absolute atomic E-state index is 0.429. The zero-order valence-corrected chi connectivity index (χ0v) is 20.5. The van der Waals surface area contributed by atoms with E-state index in [0.29, 0.717) is 24.7 Å². The highest BCUT2D eigenvalue weighted by molar-refractivity contribution is 5.78. The van der Waals surface area contributed by atoms with Crippen LogP contribution in [-0.4, -0.2) is 66.5 Å². The minimum Gasteiger partial charge on any atom is -0.365 e. The van der Waals surface area contributed by atoms with Gasteiger partial charge in [-0.25, -0.2) is 15.4 Å². The van der Waals surface area contributed by atoms with Gasteiger partial charge in [0.05, 0.1) is 24.3 Å². The number of rotatable bonds is 9. The van der Waals surface area contributed by atoms with Crippen LogP contribution in [0.5, 0.6) is 0 Å². The normalized spacial score (nSPS) is 21.5. The van der Waals surface area contributed by atoms with Crippen LogP contribution in [0.4, 0.5) is 17.3 Å².